The molecule has 11 heteroatoms. The van der Waals surface area contributed by atoms with Crippen molar-refractivity contribution in [2.24, 2.45) is 4.99 Å². The molecule has 0 bridgehead atoms. The van der Waals surface area contributed by atoms with Crippen molar-refractivity contribution in [3.05, 3.63) is 22.4 Å². The fourth-order valence-electron chi connectivity index (χ4n) is 3.71. The van der Waals surface area contributed by atoms with Gasteiger partial charge in [0.25, 0.3) is 0 Å². The molecule has 2 N–H and O–H groups in total. The van der Waals surface area contributed by atoms with Gasteiger partial charge in [-0.1, -0.05) is 6.07 Å². The lowest BCUT2D eigenvalue weighted by Gasteiger charge is -2.34. The maximum Gasteiger partial charge on any atom is 0.401 e. The van der Waals surface area contributed by atoms with Crippen LogP contribution in [0.1, 0.15) is 17.3 Å². The van der Waals surface area contributed by atoms with E-state index in [1.807, 2.05) is 6.07 Å². The molecule has 0 saturated carbocycles. The smallest absolute Gasteiger partial charge is 0.379 e. The molecule has 0 radical (unpaired) electrons. The molecule has 3 heterocycles. The highest BCUT2D eigenvalue weighted by atomic mass is 127. The molecule has 0 aliphatic carbocycles. The molecule has 0 amide bonds. The Labute approximate surface area is 190 Å². The molecule has 29 heavy (non-hydrogen) atoms. The normalized spacial score (nSPS) is 22.9. The summed E-state index contributed by atoms with van der Waals surface area (Å²) in [5.41, 5.74) is 0. The second-order valence-electron chi connectivity index (χ2n) is 7.11. The predicted molar refractivity (Wildman–Crippen MR) is 120 cm³/mol. The molecular weight excluding hydrogens is 518 g/mol. The molecule has 2 saturated heterocycles. The highest BCUT2D eigenvalue weighted by Gasteiger charge is 2.34. The van der Waals surface area contributed by atoms with Gasteiger partial charge < -0.3 is 15.4 Å². The number of aliphatic imine (C=N–C) groups is 1. The number of nitrogens with one attached hydrogen (secondary N) is 2. The van der Waals surface area contributed by atoms with Gasteiger partial charge in [-0.05, 0) is 17.9 Å². The van der Waals surface area contributed by atoms with E-state index in [9.17, 15) is 13.2 Å². The van der Waals surface area contributed by atoms with Crippen molar-refractivity contribution in [2.45, 2.75) is 24.7 Å². The average Bonchev–Trinajstić information content (AvgIpc) is 3.33. The molecule has 0 spiro atoms. The highest BCUT2D eigenvalue weighted by Crippen LogP contribution is 2.25. The lowest BCUT2D eigenvalue weighted by Crippen LogP contribution is -2.49. The maximum atomic E-state index is 12.6. The van der Waals surface area contributed by atoms with Gasteiger partial charge >= 0.3 is 6.18 Å². The summed E-state index contributed by atoms with van der Waals surface area (Å²) in [5.74, 6) is 0.633. The second-order valence-corrected chi connectivity index (χ2v) is 8.09. The van der Waals surface area contributed by atoms with E-state index in [1.165, 1.54) is 9.78 Å². The van der Waals surface area contributed by atoms with Crippen molar-refractivity contribution in [2.75, 3.05) is 59.5 Å². The van der Waals surface area contributed by atoms with Crippen LogP contribution in [0.25, 0.3) is 0 Å². The number of rotatable bonds is 6. The number of hydrogen-bond donors (Lipinski definition) is 2. The van der Waals surface area contributed by atoms with Gasteiger partial charge in [0.05, 0.1) is 25.8 Å². The van der Waals surface area contributed by atoms with Gasteiger partial charge in [0.1, 0.15) is 0 Å². The van der Waals surface area contributed by atoms with Crippen LogP contribution in [0, 0.1) is 0 Å². The molecule has 2 fully saturated rings. The summed E-state index contributed by atoms with van der Waals surface area (Å²) in [5, 5.41) is 8.72. The summed E-state index contributed by atoms with van der Waals surface area (Å²) in [7, 11) is 1.69. The summed E-state index contributed by atoms with van der Waals surface area (Å²) in [4.78, 5) is 9.38. The van der Waals surface area contributed by atoms with Crippen LogP contribution in [-0.2, 0) is 4.74 Å². The Bertz CT molecular complexity index is 626. The number of likely N-dealkylation sites (tertiary alicyclic amines) is 1. The third-order valence-electron chi connectivity index (χ3n) is 5.06. The molecule has 2 aliphatic rings. The van der Waals surface area contributed by atoms with Gasteiger partial charge in [0, 0.05) is 50.7 Å². The van der Waals surface area contributed by atoms with Crippen LogP contribution in [-0.4, -0.2) is 87.5 Å². The van der Waals surface area contributed by atoms with E-state index >= 15 is 0 Å². The predicted octanol–water partition coefficient (Wildman–Crippen LogP) is 2.54. The third-order valence-corrected chi connectivity index (χ3v) is 6.03. The minimum Gasteiger partial charge on any atom is -0.379 e. The van der Waals surface area contributed by atoms with Crippen LogP contribution in [0.4, 0.5) is 13.2 Å². The molecular formula is C18H29F3IN5OS. The minimum absolute atomic E-state index is 0. The first-order valence-corrected chi connectivity index (χ1v) is 10.4. The number of halogens is 4. The number of hydrogen-bond acceptors (Lipinski definition) is 5. The van der Waals surface area contributed by atoms with E-state index in [-0.39, 0.29) is 36.1 Å². The van der Waals surface area contributed by atoms with Crippen LogP contribution in [0.2, 0.25) is 0 Å². The van der Waals surface area contributed by atoms with Gasteiger partial charge in [0.15, 0.2) is 5.96 Å². The molecule has 2 aliphatic heterocycles. The zero-order valence-corrected chi connectivity index (χ0v) is 19.6. The summed E-state index contributed by atoms with van der Waals surface area (Å²) in [6.07, 6.45) is -3.48. The first-order chi connectivity index (χ1) is 13.4. The van der Waals surface area contributed by atoms with E-state index in [0.717, 1.165) is 26.3 Å². The Morgan fingerprint density at radius 2 is 2.10 bits per heavy atom. The molecule has 0 aromatic carbocycles. The van der Waals surface area contributed by atoms with E-state index in [4.69, 9.17) is 4.74 Å². The van der Waals surface area contributed by atoms with Crippen LogP contribution in [0.3, 0.4) is 0 Å². The zero-order chi connectivity index (χ0) is 20.0. The van der Waals surface area contributed by atoms with Crippen molar-refractivity contribution >= 4 is 41.3 Å². The van der Waals surface area contributed by atoms with Gasteiger partial charge in [-0.15, -0.1) is 35.3 Å². The van der Waals surface area contributed by atoms with Gasteiger partial charge in [-0.25, -0.2) is 0 Å². The van der Waals surface area contributed by atoms with E-state index < -0.39 is 12.7 Å². The quantitative estimate of drug-likeness (QED) is 0.326. The molecule has 166 valence electrons. The van der Waals surface area contributed by atoms with Crippen LogP contribution in [0.15, 0.2) is 22.5 Å². The minimum atomic E-state index is -4.15. The van der Waals surface area contributed by atoms with E-state index in [2.05, 4.69) is 32.0 Å². The van der Waals surface area contributed by atoms with Gasteiger partial charge in [-0.3, -0.25) is 14.8 Å². The fourth-order valence-corrected chi connectivity index (χ4v) is 4.57. The van der Waals surface area contributed by atoms with Gasteiger partial charge in [-0.2, -0.15) is 13.2 Å². The van der Waals surface area contributed by atoms with Crippen LogP contribution in [0.5, 0.6) is 0 Å². The Kier molecular flexibility index (Phi) is 9.92. The fraction of sp³-hybridized carbons (Fsp3) is 0.722. The van der Waals surface area contributed by atoms with Crippen molar-refractivity contribution < 1.29 is 17.9 Å². The lowest BCUT2D eigenvalue weighted by molar-refractivity contribution is -0.143. The van der Waals surface area contributed by atoms with Crippen molar-refractivity contribution in [1.29, 1.82) is 0 Å². The van der Waals surface area contributed by atoms with Crippen molar-refractivity contribution in [1.82, 2.24) is 20.4 Å². The number of ether oxygens (including phenoxy) is 1. The van der Waals surface area contributed by atoms with Crippen LogP contribution >= 0.6 is 35.3 Å². The summed E-state index contributed by atoms with van der Waals surface area (Å²) in [6, 6.07) is 4.37. The Morgan fingerprint density at radius 1 is 1.34 bits per heavy atom. The van der Waals surface area contributed by atoms with Gasteiger partial charge in [0.2, 0.25) is 0 Å². The maximum absolute atomic E-state index is 12.6. The Hall–Kier alpha value is -0.630. The number of nitrogens with zero attached hydrogens (tertiary/aromatic N) is 3. The number of alkyl halides is 3. The number of morpholine rings is 1. The van der Waals surface area contributed by atoms with E-state index in [0.29, 0.717) is 32.0 Å². The molecule has 2 atom stereocenters. The Balaban J connectivity index is 0.00000300. The van der Waals surface area contributed by atoms with Crippen molar-refractivity contribution in [3.8, 4) is 0 Å². The standard InChI is InChI=1S/C18H28F3N5OS.HI/c1-22-17(24-14-4-5-25(12-14)13-18(19,20)21)23-11-15(16-3-2-10-28-16)26-6-8-27-9-7-26;/h2-3,10,14-15H,4-9,11-13H2,1H3,(H2,22,23,24);1H. The molecule has 3 rings (SSSR count). The monoisotopic (exact) mass is 547 g/mol. The number of guanidine groups is 1. The highest BCUT2D eigenvalue weighted by molar-refractivity contribution is 14.0. The SMILES string of the molecule is CN=C(NCC(c1cccs1)N1CCOCC1)NC1CCN(CC(F)(F)F)C1.I. The first-order valence-electron chi connectivity index (χ1n) is 9.56. The summed E-state index contributed by atoms with van der Waals surface area (Å²) < 4.78 is 43.2. The summed E-state index contributed by atoms with van der Waals surface area (Å²) >= 11 is 1.73. The second kappa shape index (κ2) is 11.7. The first kappa shape index (κ1) is 24.6. The van der Waals surface area contributed by atoms with Crippen LogP contribution < -0.4 is 10.6 Å². The summed E-state index contributed by atoms with van der Waals surface area (Å²) in [6.45, 7) is 3.86. The zero-order valence-electron chi connectivity index (χ0n) is 16.5. The average molecular weight is 547 g/mol. The molecule has 6 nitrogen and oxygen atoms in total. The Morgan fingerprint density at radius 3 is 2.72 bits per heavy atom. The third kappa shape index (κ3) is 7.85. The topological polar surface area (TPSA) is 52.1 Å². The molecule has 1 aromatic heterocycles. The largest absolute Gasteiger partial charge is 0.401 e. The molecule has 2 unspecified atom stereocenters. The molecule has 1 aromatic rings. The van der Waals surface area contributed by atoms with Crippen molar-refractivity contribution in [3.63, 3.8) is 0 Å². The lowest BCUT2D eigenvalue weighted by atomic mass is 10.2. The number of thiophene rings is 1. The van der Waals surface area contributed by atoms with E-state index in [1.54, 1.807) is 18.4 Å².